The lowest BCUT2D eigenvalue weighted by atomic mass is 10.1. The molecule has 1 amide bonds. The van der Waals surface area contributed by atoms with Gasteiger partial charge in [0.15, 0.2) is 0 Å². The predicted molar refractivity (Wildman–Crippen MR) is 94.4 cm³/mol. The van der Waals surface area contributed by atoms with Crippen LogP contribution in [0.15, 0.2) is 42.5 Å². The fourth-order valence-corrected chi connectivity index (χ4v) is 2.22. The van der Waals surface area contributed by atoms with Crippen LogP contribution in [0.2, 0.25) is 10.0 Å². The highest BCUT2D eigenvalue weighted by Gasteiger charge is 2.03. The van der Waals surface area contributed by atoms with Gasteiger partial charge in [0.05, 0.1) is 16.6 Å². The number of amides is 1. The van der Waals surface area contributed by atoms with E-state index < -0.39 is 0 Å². The standard InChI is InChI=1S/C17H22Cl2N2O/c1-3-5-13(4-2)8-9-20-12-17(22)21-11-14-6-7-15(18)16(19)10-14/h4-7,10,20H,2-3,8-9,11-12H2,1H3,(H,21,22). The van der Waals surface area contributed by atoms with Crippen molar-refractivity contribution in [3.8, 4) is 0 Å². The molecule has 120 valence electrons. The van der Waals surface area contributed by atoms with Crippen LogP contribution in [0.5, 0.6) is 0 Å². The van der Waals surface area contributed by atoms with Crippen molar-refractivity contribution >= 4 is 29.1 Å². The van der Waals surface area contributed by atoms with Crippen molar-refractivity contribution in [2.45, 2.75) is 26.3 Å². The number of hydrogen-bond donors (Lipinski definition) is 2. The summed E-state index contributed by atoms with van der Waals surface area (Å²) in [6.45, 7) is 7.34. The zero-order valence-corrected chi connectivity index (χ0v) is 14.3. The summed E-state index contributed by atoms with van der Waals surface area (Å²) < 4.78 is 0. The van der Waals surface area contributed by atoms with Crippen LogP contribution >= 0.6 is 23.2 Å². The van der Waals surface area contributed by atoms with E-state index in [1.165, 1.54) is 5.57 Å². The van der Waals surface area contributed by atoms with E-state index in [0.29, 0.717) is 16.6 Å². The average molecular weight is 341 g/mol. The van der Waals surface area contributed by atoms with Crippen molar-refractivity contribution in [3.05, 3.63) is 58.1 Å². The molecule has 0 bridgehead atoms. The SMILES string of the molecule is C=CC(=CCC)CCNCC(=O)NCc1ccc(Cl)c(Cl)c1. The predicted octanol–water partition coefficient (Wildman–Crippen LogP) is 4.11. The smallest absolute Gasteiger partial charge is 0.234 e. The molecule has 22 heavy (non-hydrogen) atoms. The number of carbonyl (C=O) groups excluding carboxylic acids is 1. The Labute approximate surface area is 142 Å². The third-order valence-corrected chi connectivity index (χ3v) is 3.82. The second kappa shape index (κ2) is 10.4. The first-order valence-electron chi connectivity index (χ1n) is 7.29. The van der Waals surface area contributed by atoms with Gasteiger partial charge in [0.1, 0.15) is 0 Å². The highest BCUT2D eigenvalue weighted by molar-refractivity contribution is 6.42. The van der Waals surface area contributed by atoms with Crippen LogP contribution in [0, 0.1) is 0 Å². The zero-order valence-electron chi connectivity index (χ0n) is 12.8. The largest absolute Gasteiger partial charge is 0.351 e. The first-order chi connectivity index (χ1) is 10.6. The molecule has 0 aliphatic heterocycles. The van der Waals surface area contributed by atoms with Gasteiger partial charge >= 0.3 is 0 Å². The van der Waals surface area contributed by atoms with Crippen LogP contribution in [0.4, 0.5) is 0 Å². The van der Waals surface area contributed by atoms with Crippen LogP contribution in [0.3, 0.4) is 0 Å². The number of carbonyl (C=O) groups is 1. The van der Waals surface area contributed by atoms with E-state index in [1.54, 1.807) is 12.1 Å². The van der Waals surface area contributed by atoms with E-state index >= 15 is 0 Å². The summed E-state index contributed by atoms with van der Waals surface area (Å²) in [6.07, 6.45) is 5.86. The van der Waals surface area contributed by atoms with Crippen LogP contribution < -0.4 is 10.6 Å². The van der Waals surface area contributed by atoms with Gasteiger partial charge in [-0.15, -0.1) is 0 Å². The molecule has 0 saturated carbocycles. The van der Waals surface area contributed by atoms with Gasteiger partial charge in [0, 0.05) is 6.54 Å². The highest BCUT2D eigenvalue weighted by atomic mass is 35.5. The van der Waals surface area contributed by atoms with E-state index in [0.717, 1.165) is 24.9 Å². The molecule has 0 saturated heterocycles. The molecule has 5 heteroatoms. The van der Waals surface area contributed by atoms with Gasteiger partial charge in [-0.25, -0.2) is 0 Å². The molecular weight excluding hydrogens is 319 g/mol. The van der Waals surface area contributed by atoms with Gasteiger partial charge in [0.25, 0.3) is 0 Å². The summed E-state index contributed by atoms with van der Waals surface area (Å²) >= 11 is 11.8. The average Bonchev–Trinajstić information content (AvgIpc) is 2.51. The topological polar surface area (TPSA) is 41.1 Å². The molecule has 0 radical (unpaired) electrons. The second-order valence-corrected chi connectivity index (χ2v) is 5.66. The fourth-order valence-electron chi connectivity index (χ4n) is 1.90. The van der Waals surface area contributed by atoms with Crippen molar-refractivity contribution in [2.75, 3.05) is 13.1 Å². The minimum atomic E-state index is -0.0503. The van der Waals surface area contributed by atoms with E-state index in [-0.39, 0.29) is 12.5 Å². The Morgan fingerprint density at radius 2 is 2.09 bits per heavy atom. The number of nitrogens with one attached hydrogen (secondary N) is 2. The molecule has 0 aromatic heterocycles. The lowest BCUT2D eigenvalue weighted by Gasteiger charge is -2.08. The van der Waals surface area contributed by atoms with Crippen LogP contribution in [0.25, 0.3) is 0 Å². The molecule has 0 spiro atoms. The molecule has 1 rings (SSSR count). The first-order valence-corrected chi connectivity index (χ1v) is 8.05. The number of allylic oxidation sites excluding steroid dienone is 2. The third kappa shape index (κ3) is 7.12. The Kier molecular flexibility index (Phi) is 8.90. The molecule has 0 unspecified atom stereocenters. The molecule has 0 atom stereocenters. The second-order valence-electron chi connectivity index (χ2n) is 4.84. The van der Waals surface area contributed by atoms with Gasteiger partial charge in [-0.1, -0.05) is 60.5 Å². The van der Waals surface area contributed by atoms with E-state index in [2.05, 4.69) is 30.2 Å². The maximum atomic E-state index is 11.7. The summed E-state index contributed by atoms with van der Waals surface area (Å²) in [5, 5.41) is 6.95. The maximum Gasteiger partial charge on any atom is 0.234 e. The number of benzene rings is 1. The Hall–Kier alpha value is -1.29. The Morgan fingerprint density at radius 1 is 1.32 bits per heavy atom. The van der Waals surface area contributed by atoms with Crippen LogP contribution in [-0.2, 0) is 11.3 Å². The van der Waals surface area contributed by atoms with E-state index in [1.807, 2.05) is 12.1 Å². The van der Waals surface area contributed by atoms with Gasteiger partial charge < -0.3 is 10.6 Å². The molecule has 0 heterocycles. The molecule has 0 aliphatic rings. The summed E-state index contributed by atoms with van der Waals surface area (Å²) in [6, 6.07) is 5.32. The molecular formula is C17H22Cl2N2O. The van der Waals surface area contributed by atoms with Crippen LogP contribution in [-0.4, -0.2) is 19.0 Å². The minimum absolute atomic E-state index is 0.0503. The fraction of sp³-hybridized carbons (Fsp3) is 0.353. The highest BCUT2D eigenvalue weighted by Crippen LogP contribution is 2.22. The molecule has 0 aliphatic carbocycles. The monoisotopic (exact) mass is 340 g/mol. The van der Waals surface area contributed by atoms with E-state index in [4.69, 9.17) is 23.2 Å². The quantitative estimate of drug-likeness (QED) is 0.524. The Balaban J connectivity index is 2.25. The Morgan fingerprint density at radius 3 is 2.73 bits per heavy atom. The van der Waals surface area contributed by atoms with Gasteiger partial charge in [-0.2, -0.15) is 0 Å². The van der Waals surface area contributed by atoms with E-state index in [9.17, 15) is 4.79 Å². The normalized spacial score (nSPS) is 11.3. The number of halogens is 2. The first kappa shape index (κ1) is 18.8. The minimum Gasteiger partial charge on any atom is -0.351 e. The number of rotatable bonds is 9. The molecule has 1 aromatic rings. The van der Waals surface area contributed by atoms with Crippen molar-refractivity contribution in [1.29, 1.82) is 0 Å². The summed E-state index contributed by atoms with van der Waals surface area (Å²) in [7, 11) is 0. The molecule has 1 aromatic carbocycles. The molecule has 2 N–H and O–H groups in total. The van der Waals surface area contributed by atoms with Crippen molar-refractivity contribution < 1.29 is 4.79 Å². The van der Waals surface area contributed by atoms with Gasteiger partial charge in [-0.3, -0.25) is 4.79 Å². The van der Waals surface area contributed by atoms with Crippen molar-refractivity contribution in [1.82, 2.24) is 10.6 Å². The lowest BCUT2D eigenvalue weighted by molar-refractivity contribution is -0.120. The Bertz CT molecular complexity index is 541. The summed E-state index contributed by atoms with van der Waals surface area (Å²) in [5.41, 5.74) is 2.12. The lowest BCUT2D eigenvalue weighted by Crippen LogP contribution is -2.33. The van der Waals surface area contributed by atoms with Crippen LogP contribution in [0.1, 0.15) is 25.3 Å². The van der Waals surface area contributed by atoms with Gasteiger partial charge in [-0.05, 0) is 37.1 Å². The van der Waals surface area contributed by atoms with Crippen molar-refractivity contribution in [2.24, 2.45) is 0 Å². The third-order valence-electron chi connectivity index (χ3n) is 3.08. The summed E-state index contributed by atoms with van der Waals surface area (Å²) in [4.78, 5) is 11.7. The molecule has 3 nitrogen and oxygen atoms in total. The number of hydrogen-bond acceptors (Lipinski definition) is 2. The van der Waals surface area contributed by atoms with Crippen molar-refractivity contribution in [3.63, 3.8) is 0 Å². The summed E-state index contributed by atoms with van der Waals surface area (Å²) in [5.74, 6) is -0.0503. The zero-order chi connectivity index (χ0) is 16.4. The van der Waals surface area contributed by atoms with Gasteiger partial charge in [0.2, 0.25) is 5.91 Å². The molecule has 0 fully saturated rings. The maximum absolute atomic E-state index is 11.7.